The van der Waals surface area contributed by atoms with E-state index < -0.39 is 0 Å². The summed E-state index contributed by atoms with van der Waals surface area (Å²) < 4.78 is 12.2. The fourth-order valence-corrected chi connectivity index (χ4v) is 5.02. The number of rotatable bonds is 5. The minimum absolute atomic E-state index is 0.00414. The lowest BCUT2D eigenvalue weighted by Gasteiger charge is -2.11. The Morgan fingerprint density at radius 3 is 3.04 bits per heavy atom. The summed E-state index contributed by atoms with van der Waals surface area (Å²) in [5.41, 5.74) is 1.49. The largest absolute Gasteiger partial charge is 0.454 e. The Kier molecular flexibility index (Phi) is 5.05. The lowest BCUT2D eigenvalue weighted by atomic mass is 10.2. The van der Waals surface area contributed by atoms with Gasteiger partial charge < -0.3 is 14.8 Å². The number of aromatic nitrogens is 2. The zero-order valence-electron chi connectivity index (χ0n) is 15.0. The SMILES string of the molecule is CCn1c(SCC(=O)Nc2ccc3c(c2)OCO3)nc2c(c1=O)S[C@@H](C)C2. The number of ether oxygens (including phenoxy) is 2. The van der Waals surface area contributed by atoms with Crippen molar-refractivity contribution >= 4 is 35.1 Å². The Hall–Kier alpha value is -2.13. The normalized spacial score (nSPS) is 17.0. The van der Waals surface area contributed by atoms with Crippen LogP contribution in [0, 0.1) is 0 Å². The Labute approximate surface area is 164 Å². The summed E-state index contributed by atoms with van der Waals surface area (Å²) in [6.07, 6.45) is 0.788. The third-order valence-corrected chi connectivity index (χ3v) is 6.46. The second-order valence-corrected chi connectivity index (χ2v) is 8.65. The van der Waals surface area contributed by atoms with Crippen LogP contribution in [0.2, 0.25) is 0 Å². The van der Waals surface area contributed by atoms with E-state index in [-0.39, 0.29) is 24.0 Å². The molecule has 1 atom stereocenters. The molecule has 1 N–H and O–H groups in total. The zero-order chi connectivity index (χ0) is 19.0. The van der Waals surface area contributed by atoms with Gasteiger partial charge in [0.25, 0.3) is 5.56 Å². The molecule has 7 nitrogen and oxygen atoms in total. The number of hydrogen-bond acceptors (Lipinski definition) is 7. The van der Waals surface area contributed by atoms with Crippen molar-refractivity contribution in [1.82, 2.24) is 9.55 Å². The molecule has 0 bridgehead atoms. The number of thioether (sulfide) groups is 2. The van der Waals surface area contributed by atoms with E-state index in [1.165, 1.54) is 11.8 Å². The van der Waals surface area contributed by atoms with Gasteiger partial charge in [0.1, 0.15) is 0 Å². The van der Waals surface area contributed by atoms with E-state index in [0.29, 0.717) is 34.1 Å². The second-order valence-electron chi connectivity index (χ2n) is 6.26. The summed E-state index contributed by atoms with van der Waals surface area (Å²) >= 11 is 2.87. The van der Waals surface area contributed by atoms with Gasteiger partial charge in [-0.1, -0.05) is 18.7 Å². The first-order valence-corrected chi connectivity index (χ1v) is 10.5. The van der Waals surface area contributed by atoms with Gasteiger partial charge in [0.05, 0.1) is 16.3 Å². The monoisotopic (exact) mass is 405 g/mol. The summed E-state index contributed by atoms with van der Waals surface area (Å²) in [5, 5.41) is 3.79. The number of hydrogen-bond donors (Lipinski definition) is 1. The Bertz CT molecular complexity index is 960. The average Bonchev–Trinajstić information content (AvgIpc) is 3.25. The molecule has 0 aliphatic carbocycles. The molecule has 9 heteroatoms. The molecular weight excluding hydrogens is 386 g/mol. The molecule has 142 valence electrons. The smallest absolute Gasteiger partial charge is 0.268 e. The van der Waals surface area contributed by atoms with Crippen LogP contribution in [-0.4, -0.2) is 33.3 Å². The number of benzene rings is 1. The van der Waals surface area contributed by atoms with Crippen LogP contribution in [0.25, 0.3) is 0 Å². The highest BCUT2D eigenvalue weighted by Gasteiger charge is 2.26. The van der Waals surface area contributed by atoms with E-state index in [1.54, 1.807) is 34.5 Å². The molecular formula is C18H19N3O4S2. The van der Waals surface area contributed by atoms with Crippen LogP contribution >= 0.6 is 23.5 Å². The van der Waals surface area contributed by atoms with E-state index in [0.717, 1.165) is 17.0 Å². The Morgan fingerprint density at radius 2 is 2.22 bits per heavy atom. The van der Waals surface area contributed by atoms with E-state index in [2.05, 4.69) is 17.2 Å². The van der Waals surface area contributed by atoms with Gasteiger partial charge in [-0.05, 0) is 19.1 Å². The molecule has 4 rings (SSSR count). The summed E-state index contributed by atoms with van der Waals surface area (Å²) in [4.78, 5) is 30.4. The van der Waals surface area contributed by atoms with Gasteiger partial charge in [-0.25, -0.2) is 4.98 Å². The van der Waals surface area contributed by atoms with Crippen molar-refractivity contribution in [1.29, 1.82) is 0 Å². The van der Waals surface area contributed by atoms with Crippen LogP contribution in [0.15, 0.2) is 33.0 Å². The van der Waals surface area contributed by atoms with E-state index in [4.69, 9.17) is 9.47 Å². The number of nitrogens with one attached hydrogen (secondary N) is 1. The second kappa shape index (κ2) is 7.47. The van der Waals surface area contributed by atoms with Crippen molar-refractivity contribution in [3.05, 3.63) is 34.2 Å². The van der Waals surface area contributed by atoms with Gasteiger partial charge in [0.15, 0.2) is 16.7 Å². The molecule has 0 fully saturated rings. The third kappa shape index (κ3) is 3.66. The number of carbonyl (C=O) groups excluding carboxylic acids is 1. The number of carbonyl (C=O) groups is 1. The zero-order valence-corrected chi connectivity index (χ0v) is 16.6. The number of anilines is 1. The maximum absolute atomic E-state index is 12.7. The van der Waals surface area contributed by atoms with Gasteiger partial charge in [0.2, 0.25) is 12.7 Å². The fourth-order valence-electron chi connectivity index (χ4n) is 3.02. The van der Waals surface area contributed by atoms with Crippen molar-refractivity contribution in [2.24, 2.45) is 0 Å². The summed E-state index contributed by atoms with van der Waals surface area (Å²) in [6.45, 7) is 4.72. The predicted molar refractivity (Wildman–Crippen MR) is 105 cm³/mol. The minimum Gasteiger partial charge on any atom is -0.454 e. The number of fused-ring (bicyclic) bond motifs is 2. The van der Waals surface area contributed by atoms with Crippen molar-refractivity contribution in [2.45, 2.75) is 42.1 Å². The lowest BCUT2D eigenvalue weighted by molar-refractivity contribution is -0.113. The average molecular weight is 406 g/mol. The van der Waals surface area contributed by atoms with E-state index in [9.17, 15) is 9.59 Å². The Morgan fingerprint density at radius 1 is 1.41 bits per heavy atom. The first-order valence-electron chi connectivity index (χ1n) is 8.67. The first kappa shape index (κ1) is 18.2. The van der Waals surface area contributed by atoms with E-state index >= 15 is 0 Å². The first-order chi connectivity index (χ1) is 13.0. The highest BCUT2D eigenvalue weighted by molar-refractivity contribution is 8.00. The molecule has 2 aliphatic heterocycles. The number of amides is 1. The molecule has 2 aliphatic rings. The van der Waals surface area contributed by atoms with Gasteiger partial charge in [-0.3, -0.25) is 14.2 Å². The minimum atomic E-state index is -0.168. The van der Waals surface area contributed by atoms with Gasteiger partial charge in [-0.2, -0.15) is 0 Å². The summed E-state index contributed by atoms with van der Waals surface area (Å²) in [5.74, 6) is 1.29. The van der Waals surface area contributed by atoms with Gasteiger partial charge in [-0.15, -0.1) is 11.8 Å². The van der Waals surface area contributed by atoms with Crippen LogP contribution in [0.3, 0.4) is 0 Å². The van der Waals surface area contributed by atoms with Crippen molar-refractivity contribution in [3.8, 4) is 11.5 Å². The lowest BCUT2D eigenvalue weighted by Crippen LogP contribution is -2.25. The predicted octanol–water partition coefficient (Wildman–Crippen LogP) is 2.76. The maximum atomic E-state index is 12.7. The van der Waals surface area contributed by atoms with Gasteiger partial charge >= 0.3 is 0 Å². The molecule has 0 saturated heterocycles. The molecule has 2 aromatic rings. The molecule has 1 amide bonds. The highest BCUT2D eigenvalue weighted by Crippen LogP contribution is 2.35. The van der Waals surface area contributed by atoms with Gasteiger partial charge in [0, 0.05) is 30.0 Å². The van der Waals surface area contributed by atoms with E-state index in [1.807, 2.05) is 6.92 Å². The standard InChI is InChI=1S/C18H19N3O4S2/c1-3-21-17(23)16-12(6-10(2)27-16)20-18(21)26-8-15(22)19-11-4-5-13-14(7-11)25-9-24-13/h4-5,7,10H,3,6,8-9H2,1-2H3,(H,19,22)/t10-/m0/s1. The van der Waals surface area contributed by atoms with Crippen LogP contribution in [0.1, 0.15) is 19.5 Å². The quantitative estimate of drug-likeness (QED) is 0.605. The third-order valence-electron chi connectivity index (χ3n) is 4.27. The Balaban J connectivity index is 1.45. The van der Waals surface area contributed by atoms with Crippen LogP contribution < -0.4 is 20.3 Å². The summed E-state index contributed by atoms with van der Waals surface area (Å²) in [7, 11) is 0. The number of nitrogens with zero attached hydrogens (tertiary/aromatic N) is 2. The molecule has 0 radical (unpaired) electrons. The molecule has 27 heavy (non-hydrogen) atoms. The van der Waals surface area contributed by atoms with Crippen molar-refractivity contribution in [3.63, 3.8) is 0 Å². The highest BCUT2D eigenvalue weighted by atomic mass is 32.2. The molecule has 0 saturated carbocycles. The summed E-state index contributed by atoms with van der Waals surface area (Å²) in [6, 6.07) is 5.27. The van der Waals surface area contributed by atoms with Crippen LogP contribution in [0.5, 0.6) is 11.5 Å². The van der Waals surface area contributed by atoms with Crippen LogP contribution in [-0.2, 0) is 17.8 Å². The maximum Gasteiger partial charge on any atom is 0.268 e. The molecule has 0 unspecified atom stereocenters. The van der Waals surface area contributed by atoms with Crippen molar-refractivity contribution in [2.75, 3.05) is 17.9 Å². The van der Waals surface area contributed by atoms with Crippen LogP contribution in [0.4, 0.5) is 5.69 Å². The molecule has 3 heterocycles. The molecule has 1 aromatic heterocycles. The fraction of sp³-hybridized carbons (Fsp3) is 0.389. The topological polar surface area (TPSA) is 82.5 Å². The molecule has 1 aromatic carbocycles. The molecule has 0 spiro atoms. The van der Waals surface area contributed by atoms with Crippen molar-refractivity contribution < 1.29 is 14.3 Å².